The maximum Gasteiger partial charge on any atom is 0.270 e. The molecule has 1 amide bonds. The summed E-state index contributed by atoms with van der Waals surface area (Å²) in [6, 6.07) is 24.0. The number of imidazole rings is 1. The third-order valence-corrected chi connectivity index (χ3v) is 8.11. The summed E-state index contributed by atoms with van der Waals surface area (Å²) in [5.41, 5.74) is 8.54. The van der Waals surface area contributed by atoms with Gasteiger partial charge in [0.25, 0.3) is 5.91 Å². The second-order valence-corrected chi connectivity index (χ2v) is 10.5. The third kappa shape index (κ3) is 4.81. The molecule has 3 aliphatic rings. The van der Waals surface area contributed by atoms with Crippen molar-refractivity contribution < 1.29 is 19.0 Å². The van der Waals surface area contributed by atoms with E-state index in [1.54, 1.807) is 4.68 Å². The number of benzene rings is 3. The summed E-state index contributed by atoms with van der Waals surface area (Å²) in [5, 5.41) is 0. The first-order valence-corrected chi connectivity index (χ1v) is 14.0. The maximum atomic E-state index is 13.4. The van der Waals surface area contributed by atoms with Crippen molar-refractivity contribution in [1.82, 2.24) is 9.66 Å². The van der Waals surface area contributed by atoms with Gasteiger partial charge in [0.1, 0.15) is 0 Å². The van der Waals surface area contributed by atoms with Gasteiger partial charge in [-0.15, -0.1) is 0 Å². The van der Waals surface area contributed by atoms with E-state index >= 15 is 0 Å². The number of hydrogen-bond donors (Lipinski definition) is 1. The molecule has 3 aliphatic heterocycles. The van der Waals surface area contributed by atoms with Crippen LogP contribution in [-0.4, -0.2) is 74.0 Å². The Morgan fingerprint density at radius 3 is 2.08 bits per heavy atom. The van der Waals surface area contributed by atoms with Crippen LogP contribution in [0.5, 0.6) is 0 Å². The van der Waals surface area contributed by atoms with Crippen LogP contribution in [0.25, 0.3) is 22.4 Å². The lowest BCUT2D eigenvalue weighted by Crippen LogP contribution is -2.45. The first-order valence-electron chi connectivity index (χ1n) is 14.0. The van der Waals surface area contributed by atoms with Crippen LogP contribution < -0.4 is 15.2 Å². The predicted octanol–water partition coefficient (Wildman–Crippen LogP) is 4.27. The first kappa shape index (κ1) is 25.1. The lowest BCUT2D eigenvalue weighted by molar-refractivity contribution is -0.169. The summed E-state index contributed by atoms with van der Waals surface area (Å²) in [5.74, 6) is 0.118. The molecule has 0 unspecified atom stereocenters. The fourth-order valence-corrected chi connectivity index (χ4v) is 5.86. The van der Waals surface area contributed by atoms with Crippen LogP contribution in [-0.2, 0) is 14.2 Å². The molecule has 0 saturated carbocycles. The van der Waals surface area contributed by atoms with Gasteiger partial charge in [0, 0.05) is 61.5 Å². The minimum absolute atomic E-state index is 0.187. The zero-order valence-corrected chi connectivity index (χ0v) is 22.4. The van der Waals surface area contributed by atoms with Crippen molar-refractivity contribution in [2.75, 3.05) is 67.8 Å². The van der Waals surface area contributed by atoms with E-state index in [1.807, 2.05) is 48.5 Å². The van der Waals surface area contributed by atoms with Crippen molar-refractivity contribution in [1.29, 1.82) is 0 Å². The third-order valence-electron chi connectivity index (χ3n) is 8.11. The number of aromatic nitrogens is 2. The fraction of sp³-hybridized carbons (Fsp3) is 0.355. The number of carbonyl (C=O) groups is 1. The van der Waals surface area contributed by atoms with Gasteiger partial charge < -0.3 is 24.0 Å². The molecule has 206 valence electrons. The van der Waals surface area contributed by atoms with Gasteiger partial charge in [-0.1, -0.05) is 12.1 Å². The van der Waals surface area contributed by atoms with Crippen LogP contribution >= 0.6 is 0 Å². The Bertz CT molecular complexity index is 1480. The van der Waals surface area contributed by atoms with Crippen molar-refractivity contribution in [3.63, 3.8) is 0 Å². The number of fused-ring (bicyclic) bond motifs is 1. The van der Waals surface area contributed by atoms with Crippen LogP contribution in [0.3, 0.4) is 0 Å². The molecule has 4 aromatic rings. The summed E-state index contributed by atoms with van der Waals surface area (Å²) < 4.78 is 19.0. The average Bonchev–Trinajstić information content (AvgIpc) is 3.63. The molecule has 1 N–H and O–H groups in total. The van der Waals surface area contributed by atoms with Crippen LogP contribution in [0.1, 0.15) is 23.2 Å². The number of nitrogens with one attached hydrogen (secondary N) is 1. The van der Waals surface area contributed by atoms with Crippen molar-refractivity contribution in [3.8, 4) is 11.4 Å². The van der Waals surface area contributed by atoms with Gasteiger partial charge in [-0.05, 0) is 60.7 Å². The molecule has 3 saturated heterocycles. The minimum atomic E-state index is -0.387. The van der Waals surface area contributed by atoms with Gasteiger partial charge in [-0.25, -0.2) is 9.66 Å². The molecule has 3 aromatic carbocycles. The second-order valence-electron chi connectivity index (χ2n) is 10.5. The van der Waals surface area contributed by atoms with Gasteiger partial charge in [0.2, 0.25) is 0 Å². The van der Waals surface area contributed by atoms with E-state index in [2.05, 4.69) is 39.5 Å². The number of amides is 1. The van der Waals surface area contributed by atoms with Crippen LogP contribution in [0.2, 0.25) is 0 Å². The van der Waals surface area contributed by atoms with Gasteiger partial charge in [0.05, 0.1) is 37.5 Å². The minimum Gasteiger partial charge on any atom is -0.378 e. The van der Waals surface area contributed by atoms with Crippen LogP contribution in [0, 0.1) is 0 Å². The molecule has 40 heavy (non-hydrogen) atoms. The number of carbonyl (C=O) groups excluding carboxylic acids is 1. The molecule has 0 radical (unpaired) electrons. The van der Waals surface area contributed by atoms with Crippen LogP contribution in [0.15, 0.2) is 72.8 Å². The highest BCUT2D eigenvalue weighted by atomic mass is 16.7. The summed E-state index contributed by atoms with van der Waals surface area (Å²) in [7, 11) is 0. The zero-order valence-electron chi connectivity index (χ0n) is 22.4. The molecule has 7 rings (SSSR count). The number of morpholine rings is 1. The Labute approximate surface area is 233 Å². The Hall–Kier alpha value is -3.92. The molecule has 0 aliphatic carbocycles. The number of hydrogen-bond acceptors (Lipinski definition) is 7. The topological polar surface area (TPSA) is 81.1 Å². The number of rotatable bonds is 5. The average molecular weight is 540 g/mol. The Kier molecular flexibility index (Phi) is 6.63. The summed E-state index contributed by atoms with van der Waals surface area (Å²) in [6.45, 7) is 6.31. The molecule has 9 heteroatoms. The van der Waals surface area contributed by atoms with E-state index in [-0.39, 0.29) is 11.7 Å². The van der Waals surface area contributed by atoms with Gasteiger partial charge in [-0.3, -0.25) is 10.2 Å². The molecule has 9 nitrogen and oxygen atoms in total. The molecule has 0 atom stereocenters. The number of ether oxygens (including phenoxy) is 3. The molecule has 3 fully saturated rings. The molecular formula is C31H33N5O4. The lowest BCUT2D eigenvalue weighted by Gasteiger charge is -2.38. The molecule has 1 aromatic heterocycles. The summed E-state index contributed by atoms with van der Waals surface area (Å²) >= 11 is 0. The van der Waals surface area contributed by atoms with Crippen molar-refractivity contribution in [2.24, 2.45) is 0 Å². The van der Waals surface area contributed by atoms with E-state index in [1.165, 1.54) is 0 Å². The van der Waals surface area contributed by atoms with Crippen molar-refractivity contribution >= 4 is 28.3 Å². The highest BCUT2D eigenvalue weighted by molar-refractivity contribution is 6.01. The molecule has 0 bridgehead atoms. The first-order chi connectivity index (χ1) is 19.7. The van der Waals surface area contributed by atoms with E-state index in [4.69, 9.17) is 19.2 Å². The predicted molar refractivity (Wildman–Crippen MR) is 154 cm³/mol. The largest absolute Gasteiger partial charge is 0.378 e. The Balaban J connectivity index is 1.11. The van der Waals surface area contributed by atoms with E-state index in [9.17, 15) is 4.79 Å². The van der Waals surface area contributed by atoms with Crippen molar-refractivity contribution in [3.05, 3.63) is 78.4 Å². The van der Waals surface area contributed by atoms with Crippen LogP contribution in [0.4, 0.5) is 11.4 Å². The number of anilines is 2. The standard InChI is InChI=1S/C31H33N5O4/c37-30(24-7-11-26(12-8-24)35-17-19-38-20-18-35)33-36-28-4-2-1-3-27(28)32-29(36)23-5-9-25(10-6-23)34-15-13-31(14-16-34)39-21-22-40-31/h1-12H,13-22H2,(H,33,37). The van der Waals surface area contributed by atoms with E-state index in [0.717, 1.165) is 80.2 Å². The highest BCUT2D eigenvalue weighted by Crippen LogP contribution is 2.34. The SMILES string of the molecule is O=C(Nn1c(-c2ccc(N3CCC4(CC3)OCCO4)cc2)nc2ccccc21)c1ccc(N2CCOCC2)cc1. The molecule has 1 spiro atoms. The number of nitrogens with zero attached hydrogens (tertiary/aromatic N) is 4. The molecular weight excluding hydrogens is 506 g/mol. The number of piperidine rings is 1. The summed E-state index contributed by atoms with van der Waals surface area (Å²) in [6.07, 6.45) is 1.73. The Morgan fingerprint density at radius 1 is 0.750 bits per heavy atom. The monoisotopic (exact) mass is 539 g/mol. The quantitative estimate of drug-likeness (QED) is 0.406. The fourth-order valence-electron chi connectivity index (χ4n) is 5.86. The highest BCUT2D eigenvalue weighted by Gasteiger charge is 2.39. The van der Waals surface area contributed by atoms with Gasteiger partial charge in [0.15, 0.2) is 11.6 Å². The number of para-hydroxylation sites is 2. The Morgan fingerprint density at radius 2 is 1.38 bits per heavy atom. The van der Waals surface area contributed by atoms with Gasteiger partial charge >= 0.3 is 0 Å². The van der Waals surface area contributed by atoms with Crippen molar-refractivity contribution in [2.45, 2.75) is 18.6 Å². The molecule has 4 heterocycles. The maximum absolute atomic E-state index is 13.4. The second kappa shape index (κ2) is 10.6. The van der Waals surface area contributed by atoms with Gasteiger partial charge in [-0.2, -0.15) is 0 Å². The normalized spacial score (nSPS) is 18.9. The summed E-state index contributed by atoms with van der Waals surface area (Å²) in [4.78, 5) is 22.9. The van der Waals surface area contributed by atoms with E-state index in [0.29, 0.717) is 24.6 Å². The smallest absolute Gasteiger partial charge is 0.270 e. The van der Waals surface area contributed by atoms with E-state index < -0.39 is 0 Å². The zero-order chi connectivity index (χ0) is 26.9. The lowest BCUT2D eigenvalue weighted by atomic mass is 10.0.